The largest absolute Gasteiger partial charge is 0.504 e. The zero-order valence-electron chi connectivity index (χ0n) is 12.4. The van der Waals surface area contributed by atoms with Crippen LogP contribution in [-0.2, 0) is 14.3 Å². The molecule has 9 nitrogen and oxygen atoms in total. The number of esters is 1. The van der Waals surface area contributed by atoms with Gasteiger partial charge in [0.1, 0.15) is 12.2 Å². The smallest absolute Gasteiger partial charge is 0.331 e. The Labute approximate surface area is 136 Å². The summed E-state index contributed by atoms with van der Waals surface area (Å²) < 4.78 is 9.76. The van der Waals surface area contributed by atoms with Gasteiger partial charge in [0.2, 0.25) is 5.79 Å². The molecule has 4 atom stereocenters. The number of aliphatic hydroxyl groups is 4. The minimum atomic E-state index is -2.32. The Balaban J connectivity index is 1.97. The third-order valence-corrected chi connectivity index (χ3v) is 3.57. The van der Waals surface area contributed by atoms with Gasteiger partial charge in [-0.1, -0.05) is 6.07 Å². The number of carbonyl (C=O) groups is 1. The Bertz CT molecular complexity index is 629. The number of rotatable bonds is 4. The van der Waals surface area contributed by atoms with Crippen molar-refractivity contribution in [3.8, 4) is 11.5 Å². The SMILES string of the molecule is O=C(/C=C/c1ccc(O)c(O)c1)O[C@@H]1CO[C@](O)(CO)[C@@H](O)[C@@H]1O. The van der Waals surface area contributed by atoms with E-state index in [-0.39, 0.29) is 11.5 Å². The first-order chi connectivity index (χ1) is 11.3. The molecule has 0 amide bonds. The fourth-order valence-electron chi connectivity index (χ4n) is 2.12. The number of phenols is 2. The van der Waals surface area contributed by atoms with Crippen LogP contribution in [0.15, 0.2) is 24.3 Å². The second kappa shape index (κ2) is 7.16. The van der Waals surface area contributed by atoms with E-state index in [1.54, 1.807) is 0 Å². The molecule has 1 aliphatic rings. The summed E-state index contributed by atoms with van der Waals surface area (Å²) in [5, 5.41) is 56.7. The summed E-state index contributed by atoms with van der Waals surface area (Å²) in [6.07, 6.45) is -2.43. The Kier molecular flexibility index (Phi) is 5.42. The lowest BCUT2D eigenvalue weighted by molar-refractivity contribution is -0.331. The molecule has 1 fully saturated rings. The molecule has 0 bridgehead atoms. The number of phenolic OH excluding ortho intramolecular Hbond substituents is 2. The van der Waals surface area contributed by atoms with E-state index in [1.165, 1.54) is 24.3 Å². The topological polar surface area (TPSA) is 157 Å². The summed E-state index contributed by atoms with van der Waals surface area (Å²) in [5.74, 6) is -3.84. The Morgan fingerprint density at radius 3 is 2.67 bits per heavy atom. The summed E-state index contributed by atoms with van der Waals surface area (Å²) in [7, 11) is 0. The monoisotopic (exact) mass is 342 g/mol. The highest BCUT2D eigenvalue weighted by molar-refractivity contribution is 5.87. The van der Waals surface area contributed by atoms with Crippen LogP contribution in [0.2, 0.25) is 0 Å². The summed E-state index contributed by atoms with van der Waals surface area (Å²) >= 11 is 0. The molecule has 0 saturated carbocycles. The van der Waals surface area contributed by atoms with E-state index in [9.17, 15) is 30.3 Å². The lowest BCUT2D eigenvalue weighted by atomic mass is 9.97. The number of hydrogen-bond donors (Lipinski definition) is 6. The minimum Gasteiger partial charge on any atom is -0.504 e. The number of carbonyl (C=O) groups excluding carboxylic acids is 1. The summed E-state index contributed by atoms with van der Waals surface area (Å²) in [6, 6.07) is 3.91. The molecular formula is C15H18O9. The standard InChI is InChI=1S/C15H18O9/c16-7-15(22)14(21)13(20)11(6-23-15)24-12(19)4-2-8-1-3-9(17)10(18)5-8/h1-5,11,13-14,16-18,20-22H,6-7H2/b4-2+/t11-,13-,14+,15-/m1/s1. The summed E-state index contributed by atoms with van der Waals surface area (Å²) in [4.78, 5) is 11.7. The highest BCUT2D eigenvalue weighted by Crippen LogP contribution is 2.26. The molecule has 0 aromatic heterocycles. The van der Waals surface area contributed by atoms with Crippen molar-refractivity contribution in [1.29, 1.82) is 0 Å². The average Bonchev–Trinajstić information content (AvgIpc) is 2.56. The highest BCUT2D eigenvalue weighted by Gasteiger charge is 2.49. The zero-order chi connectivity index (χ0) is 17.9. The third-order valence-electron chi connectivity index (χ3n) is 3.57. The average molecular weight is 342 g/mol. The van der Waals surface area contributed by atoms with Crippen molar-refractivity contribution in [2.75, 3.05) is 13.2 Å². The van der Waals surface area contributed by atoms with Crippen LogP contribution in [-0.4, -0.2) is 73.9 Å². The van der Waals surface area contributed by atoms with Crippen molar-refractivity contribution < 1.29 is 44.9 Å². The maximum absolute atomic E-state index is 11.7. The van der Waals surface area contributed by atoms with Gasteiger partial charge in [-0.15, -0.1) is 0 Å². The molecule has 0 unspecified atom stereocenters. The number of ether oxygens (including phenoxy) is 2. The number of hydrogen-bond acceptors (Lipinski definition) is 9. The van der Waals surface area contributed by atoms with Gasteiger partial charge in [0.15, 0.2) is 17.6 Å². The Morgan fingerprint density at radius 1 is 1.33 bits per heavy atom. The van der Waals surface area contributed by atoms with Crippen molar-refractivity contribution in [2.45, 2.75) is 24.1 Å². The predicted molar refractivity (Wildman–Crippen MR) is 78.7 cm³/mol. The van der Waals surface area contributed by atoms with Crippen LogP contribution < -0.4 is 0 Å². The first-order valence-electron chi connectivity index (χ1n) is 7.01. The minimum absolute atomic E-state index is 0.303. The molecule has 1 aromatic rings. The van der Waals surface area contributed by atoms with E-state index in [4.69, 9.17) is 14.6 Å². The lowest BCUT2D eigenvalue weighted by Gasteiger charge is -2.41. The van der Waals surface area contributed by atoms with Gasteiger partial charge in [0, 0.05) is 6.08 Å². The van der Waals surface area contributed by atoms with E-state index < -0.39 is 43.3 Å². The van der Waals surface area contributed by atoms with Gasteiger partial charge < -0.3 is 40.1 Å². The second-order valence-corrected chi connectivity index (χ2v) is 5.31. The maximum atomic E-state index is 11.7. The van der Waals surface area contributed by atoms with Crippen molar-refractivity contribution in [2.24, 2.45) is 0 Å². The first kappa shape index (κ1) is 18.2. The molecule has 132 valence electrons. The van der Waals surface area contributed by atoms with E-state index >= 15 is 0 Å². The van der Waals surface area contributed by atoms with Crippen molar-refractivity contribution in [3.05, 3.63) is 29.8 Å². The molecule has 2 rings (SSSR count). The number of benzene rings is 1. The Morgan fingerprint density at radius 2 is 2.04 bits per heavy atom. The molecule has 1 aromatic carbocycles. The van der Waals surface area contributed by atoms with E-state index in [1.807, 2.05) is 0 Å². The van der Waals surface area contributed by atoms with Crippen molar-refractivity contribution in [1.82, 2.24) is 0 Å². The molecule has 0 radical (unpaired) electrons. The van der Waals surface area contributed by atoms with Gasteiger partial charge in [0.25, 0.3) is 0 Å². The van der Waals surface area contributed by atoms with Crippen LogP contribution in [0.25, 0.3) is 6.08 Å². The lowest BCUT2D eigenvalue weighted by Crippen LogP contribution is -2.63. The van der Waals surface area contributed by atoms with Gasteiger partial charge in [0.05, 0.1) is 13.2 Å². The van der Waals surface area contributed by atoms with Gasteiger partial charge >= 0.3 is 5.97 Å². The van der Waals surface area contributed by atoms with Crippen molar-refractivity contribution >= 4 is 12.0 Å². The first-order valence-corrected chi connectivity index (χ1v) is 7.01. The number of aliphatic hydroxyl groups excluding tert-OH is 3. The highest BCUT2D eigenvalue weighted by atomic mass is 16.7. The fraction of sp³-hybridized carbons (Fsp3) is 0.400. The second-order valence-electron chi connectivity index (χ2n) is 5.31. The molecule has 6 N–H and O–H groups in total. The van der Waals surface area contributed by atoms with E-state index in [0.29, 0.717) is 5.56 Å². The molecule has 9 heteroatoms. The maximum Gasteiger partial charge on any atom is 0.331 e. The Hall–Kier alpha value is -2.17. The van der Waals surface area contributed by atoms with Crippen LogP contribution in [0, 0.1) is 0 Å². The van der Waals surface area contributed by atoms with Crippen LogP contribution in [0.5, 0.6) is 11.5 Å². The quantitative estimate of drug-likeness (QED) is 0.217. The molecule has 0 aliphatic carbocycles. The van der Waals surface area contributed by atoms with Gasteiger partial charge in [-0.3, -0.25) is 0 Å². The molecule has 1 aliphatic heterocycles. The molecule has 0 spiro atoms. The van der Waals surface area contributed by atoms with Crippen LogP contribution in [0.3, 0.4) is 0 Å². The van der Waals surface area contributed by atoms with E-state index in [2.05, 4.69) is 0 Å². The molecule has 1 saturated heterocycles. The molecule has 24 heavy (non-hydrogen) atoms. The normalized spacial score (nSPS) is 30.4. The third kappa shape index (κ3) is 3.83. The number of aromatic hydroxyl groups is 2. The summed E-state index contributed by atoms with van der Waals surface area (Å²) in [5.41, 5.74) is 0.414. The van der Waals surface area contributed by atoms with Gasteiger partial charge in [-0.05, 0) is 23.8 Å². The molecule has 1 heterocycles. The predicted octanol–water partition coefficient (Wildman–Crippen LogP) is -1.54. The molecular weight excluding hydrogens is 324 g/mol. The summed E-state index contributed by atoms with van der Waals surface area (Å²) in [6.45, 7) is -1.36. The van der Waals surface area contributed by atoms with Crippen LogP contribution in [0.4, 0.5) is 0 Å². The van der Waals surface area contributed by atoms with Gasteiger partial charge in [-0.25, -0.2) is 4.79 Å². The van der Waals surface area contributed by atoms with Crippen molar-refractivity contribution in [3.63, 3.8) is 0 Å². The van der Waals surface area contributed by atoms with Gasteiger partial charge in [-0.2, -0.15) is 0 Å². The van der Waals surface area contributed by atoms with Crippen LogP contribution >= 0.6 is 0 Å². The fourth-order valence-corrected chi connectivity index (χ4v) is 2.12. The zero-order valence-corrected chi connectivity index (χ0v) is 12.4. The van der Waals surface area contributed by atoms with Crippen LogP contribution in [0.1, 0.15) is 5.56 Å². The van der Waals surface area contributed by atoms with E-state index in [0.717, 1.165) is 6.08 Å².